The fourth-order valence-electron chi connectivity index (χ4n) is 1.31. The van der Waals surface area contributed by atoms with Crippen molar-refractivity contribution in [1.29, 1.82) is 0 Å². The van der Waals surface area contributed by atoms with E-state index in [0.29, 0.717) is 0 Å². The molecule has 0 bridgehead atoms. The summed E-state index contributed by atoms with van der Waals surface area (Å²) in [5.74, 6) is 0. The minimum Gasteiger partial charge on any atom is -0.393 e. The molecule has 5 heteroatoms. The van der Waals surface area contributed by atoms with Gasteiger partial charge in [-0.15, -0.1) is 0 Å². The van der Waals surface area contributed by atoms with Crippen molar-refractivity contribution in [2.75, 3.05) is 0 Å². The number of alkyl halides is 3. The second kappa shape index (κ2) is 4.41. The maximum Gasteiger partial charge on any atom is 0.416 e. The number of rotatable bonds is 2. The minimum absolute atomic E-state index is 0.0357. The molecule has 0 heterocycles. The molecule has 1 aromatic carbocycles. The molecule has 15 heavy (non-hydrogen) atoms. The Morgan fingerprint density at radius 3 is 2.47 bits per heavy atom. The van der Waals surface area contributed by atoms with E-state index in [9.17, 15) is 13.2 Å². The Morgan fingerprint density at radius 2 is 2.00 bits per heavy atom. The van der Waals surface area contributed by atoms with Gasteiger partial charge in [-0.25, -0.2) is 0 Å². The van der Waals surface area contributed by atoms with Crippen LogP contribution in [-0.4, -0.2) is 11.2 Å². The van der Waals surface area contributed by atoms with Crippen molar-refractivity contribution in [3.05, 3.63) is 34.3 Å². The van der Waals surface area contributed by atoms with Crippen LogP contribution >= 0.6 is 11.6 Å². The Kier molecular flexibility index (Phi) is 3.62. The lowest BCUT2D eigenvalue weighted by atomic mass is 10.0. The molecule has 0 radical (unpaired) electrons. The molecule has 1 N–H and O–H groups in total. The van der Waals surface area contributed by atoms with Gasteiger partial charge in [0.05, 0.1) is 11.7 Å². The number of aliphatic hydroxyl groups excluding tert-OH is 1. The zero-order valence-electron chi connectivity index (χ0n) is 7.98. The van der Waals surface area contributed by atoms with Crippen LogP contribution in [0, 0.1) is 0 Å². The third kappa shape index (κ3) is 3.39. The van der Waals surface area contributed by atoms with Crippen molar-refractivity contribution in [3.63, 3.8) is 0 Å². The van der Waals surface area contributed by atoms with E-state index in [1.54, 1.807) is 0 Å². The largest absolute Gasteiger partial charge is 0.416 e. The molecule has 1 atom stereocenters. The molecule has 0 saturated heterocycles. The van der Waals surface area contributed by atoms with E-state index in [0.717, 1.165) is 6.07 Å². The number of halogens is 4. The van der Waals surface area contributed by atoms with Crippen LogP contribution in [0.3, 0.4) is 0 Å². The van der Waals surface area contributed by atoms with E-state index in [2.05, 4.69) is 0 Å². The van der Waals surface area contributed by atoms with Crippen molar-refractivity contribution < 1.29 is 18.3 Å². The van der Waals surface area contributed by atoms with Gasteiger partial charge in [-0.05, 0) is 31.0 Å². The molecule has 0 aliphatic carbocycles. The molecule has 0 aromatic heterocycles. The van der Waals surface area contributed by atoms with Gasteiger partial charge in [0, 0.05) is 5.02 Å². The van der Waals surface area contributed by atoms with Crippen LogP contribution in [0.2, 0.25) is 5.02 Å². The van der Waals surface area contributed by atoms with Gasteiger partial charge in [0.2, 0.25) is 0 Å². The molecular formula is C10H10ClF3O. The average Bonchev–Trinajstić information content (AvgIpc) is 2.05. The van der Waals surface area contributed by atoms with E-state index in [-0.39, 0.29) is 17.0 Å². The van der Waals surface area contributed by atoms with Crippen LogP contribution in [0.25, 0.3) is 0 Å². The van der Waals surface area contributed by atoms with Crippen molar-refractivity contribution in [2.24, 2.45) is 0 Å². The smallest absolute Gasteiger partial charge is 0.393 e. The number of hydrogen-bond acceptors (Lipinski definition) is 1. The molecule has 84 valence electrons. The quantitative estimate of drug-likeness (QED) is 0.838. The topological polar surface area (TPSA) is 20.2 Å². The van der Waals surface area contributed by atoms with E-state index in [1.165, 1.54) is 19.1 Å². The van der Waals surface area contributed by atoms with E-state index >= 15 is 0 Å². The summed E-state index contributed by atoms with van der Waals surface area (Å²) in [6.45, 7) is 1.44. The lowest BCUT2D eigenvalue weighted by Gasteiger charge is -2.14. The molecule has 0 aliphatic heterocycles. The Morgan fingerprint density at radius 1 is 1.40 bits per heavy atom. The van der Waals surface area contributed by atoms with Crippen LogP contribution in [0.5, 0.6) is 0 Å². The maximum atomic E-state index is 12.5. The predicted molar refractivity (Wildman–Crippen MR) is 51.8 cm³/mol. The van der Waals surface area contributed by atoms with Crippen LogP contribution in [0.1, 0.15) is 18.1 Å². The summed E-state index contributed by atoms with van der Waals surface area (Å²) in [5.41, 5.74) is -0.724. The molecule has 1 nitrogen and oxygen atoms in total. The molecular weight excluding hydrogens is 229 g/mol. The fourth-order valence-corrected chi connectivity index (χ4v) is 1.48. The first-order chi connectivity index (χ1) is 6.80. The molecule has 0 aliphatic rings. The molecule has 0 unspecified atom stereocenters. The first-order valence-corrected chi connectivity index (χ1v) is 4.72. The normalized spacial score (nSPS) is 14.0. The lowest BCUT2D eigenvalue weighted by molar-refractivity contribution is -0.138. The van der Waals surface area contributed by atoms with Crippen molar-refractivity contribution in [1.82, 2.24) is 0 Å². The minimum atomic E-state index is -4.44. The van der Waals surface area contributed by atoms with Crippen molar-refractivity contribution >= 4 is 11.6 Å². The van der Waals surface area contributed by atoms with Gasteiger partial charge in [0.1, 0.15) is 0 Å². The summed E-state index contributed by atoms with van der Waals surface area (Å²) >= 11 is 5.50. The molecule has 1 aromatic rings. The lowest BCUT2D eigenvalue weighted by Crippen LogP contribution is -2.13. The SMILES string of the molecule is C[C@H](O)Cc1ccc(Cl)cc1C(F)(F)F. The predicted octanol–water partition coefficient (Wildman–Crippen LogP) is 3.28. The van der Waals surface area contributed by atoms with Gasteiger partial charge in [-0.1, -0.05) is 17.7 Å². The number of hydrogen-bond donors (Lipinski definition) is 1. The van der Waals surface area contributed by atoms with Crippen LogP contribution < -0.4 is 0 Å². The van der Waals surface area contributed by atoms with E-state index < -0.39 is 17.8 Å². The summed E-state index contributed by atoms with van der Waals surface area (Å²) < 4.78 is 37.6. The third-order valence-electron chi connectivity index (χ3n) is 1.89. The summed E-state index contributed by atoms with van der Waals surface area (Å²) in [7, 11) is 0. The van der Waals surface area contributed by atoms with Gasteiger partial charge < -0.3 is 5.11 Å². The van der Waals surface area contributed by atoms with Gasteiger partial charge in [-0.2, -0.15) is 13.2 Å². The first kappa shape index (κ1) is 12.3. The molecule has 0 amide bonds. The summed E-state index contributed by atoms with van der Waals surface area (Å²) in [4.78, 5) is 0. The Bertz CT molecular complexity index is 347. The Balaban J connectivity index is 3.15. The Hall–Kier alpha value is -0.740. The summed E-state index contributed by atoms with van der Waals surface area (Å²) in [6.07, 6.45) is -5.28. The second-order valence-corrected chi connectivity index (χ2v) is 3.79. The average molecular weight is 239 g/mol. The number of aliphatic hydroxyl groups is 1. The fraction of sp³-hybridized carbons (Fsp3) is 0.400. The maximum absolute atomic E-state index is 12.5. The second-order valence-electron chi connectivity index (χ2n) is 3.35. The highest BCUT2D eigenvalue weighted by Gasteiger charge is 2.33. The monoisotopic (exact) mass is 238 g/mol. The molecule has 0 fully saturated rings. The van der Waals surface area contributed by atoms with Crippen molar-refractivity contribution in [3.8, 4) is 0 Å². The van der Waals surface area contributed by atoms with Gasteiger partial charge in [0.25, 0.3) is 0 Å². The number of benzene rings is 1. The van der Waals surface area contributed by atoms with Crippen LogP contribution in [0.15, 0.2) is 18.2 Å². The zero-order chi connectivity index (χ0) is 11.6. The van der Waals surface area contributed by atoms with Gasteiger partial charge >= 0.3 is 6.18 Å². The summed E-state index contributed by atoms with van der Waals surface area (Å²) in [6, 6.07) is 3.55. The van der Waals surface area contributed by atoms with Crippen LogP contribution in [0.4, 0.5) is 13.2 Å². The molecule has 0 saturated carbocycles. The first-order valence-electron chi connectivity index (χ1n) is 4.34. The van der Waals surface area contributed by atoms with Crippen molar-refractivity contribution in [2.45, 2.75) is 25.6 Å². The highest BCUT2D eigenvalue weighted by molar-refractivity contribution is 6.30. The molecule has 1 rings (SSSR count). The molecule has 0 spiro atoms. The highest BCUT2D eigenvalue weighted by atomic mass is 35.5. The standard InChI is InChI=1S/C10H10ClF3O/c1-6(15)4-7-2-3-8(11)5-9(7)10(12,13)14/h2-3,5-6,15H,4H2,1H3/t6-/m0/s1. The van der Waals surface area contributed by atoms with E-state index in [4.69, 9.17) is 16.7 Å². The highest BCUT2D eigenvalue weighted by Crippen LogP contribution is 2.34. The van der Waals surface area contributed by atoms with E-state index in [1.807, 2.05) is 0 Å². The zero-order valence-corrected chi connectivity index (χ0v) is 8.73. The van der Waals surface area contributed by atoms with Crippen LogP contribution in [-0.2, 0) is 12.6 Å². The van der Waals surface area contributed by atoms with Gasteiger partial charge in [0.15, 0.2) is 0 Å². The Labute approximate surface area is 90.5 Å². The summed E-state index contributed by atoms with van der Waals surface area (Å²) in [5, 5.41) is 9.10. The third-order valence-corrected chi connectivity index (χ3v) is 2.13. The van der Waals surface area contributed by atoms with Gasteiger partial charge in [-0.3, -0.25) is 0 Å².